The van der Waals surface area contributed by atoms with Crippen molar-refractivity contribution in [2.75, 3.05) is 11.4 Å². The molecule has 2 amide bonds. The average Bonchev–Trinajstić information content (AvgIpc) is 3.06. The molecular weight excluding hydrogens is 200 g/mol. The van der Waals surface area contributed by atoms with Gasteiger partial charge in [0.25, 0.3) is 0 Å². The molecule has 1 N–H and O–H groups in total. The van der Waals surface area contributed by atoms with Gasteiger partial charge in [-0.1, -0.05) is 17.7 Å². The van der Waals surface area contributed by atoms with Crippen LogP contribution in [0.3, 0.4) is 0 Å². The van der Waals surface area contributed by atoms with E-state index in [9.17, 15) is 4.79 Å². The molecule has 0 unspecified atom stereocenters. The van der Waals surface area contributed by atoms with Crippen LogP contribution in [0.25, 0.3) is 0 Å². The van der Waals surface area contributed by atoms with E-state index in [1.165, 1.54) is 5.56 Å². The lowest BCUT2D eigenvalue weighted by atomic mass is 10.2. The van der Waals surface area contributed by atoms with Gasteiger partial charge in [-0.15, -0.1) is 0 Å². The van der Waals surface area contributed by atoms with E-state index in [-0.39, 0.29) is 6.03 Å². The molecule has 3 nitrogen and oxygen atoms in total. The van der Waals surface area contributed by atoms with Gasteiger partial charge in [-0.3, -0.25) is 4.90 Å². The summed E-state index contributed by atoms with van der Waals surface area (Å²) in [5.74, 6) is 0. The van der Waals surface area contributed by atoms with Gasteiger partial charge in [0, 0.05) is 18.3 Å². The largest absolute Gasteiger partial charge is 0.335 e. The number of amides is 2. The first-order valence-corrected chi connectivity index (χ1v) is 5.85. The Morgan fingerprint density at radius 2 is 2.00 bits per heavy atom. The molecule has 1 aromatic carbocycles. The molecule has 3 heteroatoms. The van der Waals surface area contributed by atoms with Crippen molar-refractivity contribution in [2.45, 2.75) is 32.7 Å². The normalized spacial score (nSPS) is 14.6. The summed E-state index contributed by atoms with van der Waals surface area (Å²) in [7, 11) is 0. The van der Waals surface area contributed by atoms with E-state index in [0.29, 0.717) is 12.6 Å². The van der Waals surface area contributed by atoms with E-state index in [1.807, 2.05) is 38.1 Å². The Balaban J connectivity index is 2.07. The van der Waals surface area contributed by atoms with Crippen molar-refractivity contribution in [3.05, 3.63) is 29.8 Å². The van der Waals surface area contributed by atoms with Gasteiger partial charge in [0.2, 0.25) is 0 Å². The number of benzene rings is 1. The highest BCUT2D eigenvalue weighted by Crippen LogP contribution is 2.20. The summed E-state index contributed by atoms with van der Waals surface area (Å²) in [6.45, 7) is 4.73. The van der Waals surface area contributed by atoms with E-state index in [1.54, 1.807) is 4.90 Å². The highest BCUT2D eigenvalue weighted by molar-refractivity contribution is 5.92. The zero-order valence-corrected chi connectivity index (χ0v) is 9.86. The molecule has 2 rings (SSSR count). The van der Waals surface area contributed by atoms with E-state index in [4.69, 9.17) is 0 Å². The monoisotopic (exact) mass is 218 g/mol. The van der Waals surface area contributed by atoms with Crippen LogP contribution < -0.4 is 10.2 Å². The van der Waals surface area contributed by atoms with Crippen molar-refractivity contribution >= 4 is 11.7 Å². The molecule has 0 spiro atoms. The minimum Gasteiger partial charge on any atom is -0.335 e. The first kappa shape index (κ1) is 11.0. The fraction of sp³-hybridized carbons (Fsp3) is 0.462. The van der Waals surface area contributed by atoms with Crippen LogP contribution in [-0.4, -0.2) is 18.6 Å². The zero-order valence-electron chi connectivity index (χ0n) is 9.86. The second-order valence-corrected chi connectivity index (χ2v) is 4.30. The summed E-state index contributed by atoms with van der Waals surface area (Å²) in [5, 5.41) is 3.00. The van der Waals surface area contributed by atoms with Crippen molar-refractivity contribution in [3.63, 3.8) is 0 Å². The first-order chi connectivity index (χ1) is 7.70. The summed E-state index contributed by atoms with van der Waals surface area (Å²) >= 11 is 0. The molecular formula is C13H18N2O. The van der Waals surface area contributed by atoms with Gasteiger partial charge in [0.05, 0.1) is 0 Å². The van der Waals surface area contributed by atoms with Gasteiger partial charge >= 0.3 is 6.03 Å². The van der Waals surface area contributed by atoms with Crippen LogP contribution in [0.5, 0.6) is 0 Å². The molecule has 0 radical (unpaired) electrons. The fourth-order valence-corrected chi connectivity index (χ4v) is 1.65. The maximum Gasteiger partial charge on any atom is 0.322 e. The van der Waals surface area contributed by atoms with Crippen LogP contribution in [0.15, 0.2) is 24.3 Å². The first-order valence-electron chi connectivity index (χ1n) is 5.85. The smallest absolute Gasteiger partial charge is 0.322 e. The van der Waals surface area contributed by atoms with Crippen molar-refractivity contribution in [1.29, 1.82) is 0 Å². The number of rotatable bonds is 3. The van der Waals surface area contributed by atoms with Gasteiger partial charge in [0.1, 0.15) is 0 Å². The molecule has 0 heterocycles. The summed E-state index contributed by atoms with van der Waals surface area (Å²) in [6, 6.07) is 8.47. The number of anilines is 1. The number of urea groups is 1. The lowest BCUT2D eigenvalue weighted by Crippen LogP contribution is -2.41. The molecule has 0 saturated heterocycles. The number of aryl methyl sites for hydroxylation is 1. The summed E-state index contributed by atoms with van der Waals surface area (Å²) in [5.41, 5.74) is 2.17. The van der Waals surface area contributed by atoms with Gasteiger partial charge in [-0.05, 0) is 38.8 Å². The Hall–Kier alpha value is -1.51. The molecule has 86 valence electrons. The minimum absolute atomic E-state index is 0.0221. The van der Waals surface area contributed by atoms with Crippen molar-refractivity contribution in [1.82, 2.24) is 5.32 Å². The SMILES string of the molecule is CCN(C(=O)NC1CC1)c1ccc(C)cc1. The highest BCUT2D eigenvalue weighted by Gasteiger charge is 2.25. The fourth-order valence-electron chi connectivity index (χ4n) is 1.65. The predicted octanol–water partition coefficient (Wildman–Crippen LogP) is 2.69. The molecule has 1 aliphatic carbocycles. The third-order valence-corrected chi connectivity index (χ3v) is 2.81. The average molecular weight is 218 g/mol. The number of carbonyl (C=O) groups is 1. The molecule has 1 aliphatic rings. The topological polar surface area (TPSA) is 32.3 Å². The van der Waals surface area contributed by atoms with Gasteiger partial charge in [-0.25, -0.2) is 4.79 Å². The predicted molar refractivity (Wildman–Crippen MR) is 65.8 cm³/mol. The van der Waals surface area contributed by atoms with Crippen LogP contribution in [0, 0.1) is 6.92 Å². The minimum atomic E-state index is 0.0221. The Morgan fingerprint density at radius 3 is 2.50 bits per heavy atom. The Morgan fingerprint density at radius 1 is 1.38 bits per heavy atom. The molecule has 0 aromatic heterocycles. The van der Waals surface area contributed by atoms with Gasteiger partial charge in [-0.2, -0.15) is 0 Å². The summed E-state index contributed by atoms with van der Waals surface area (Å²) in [6.07, 6.45) is 2.24. The lowest BCUT2D eigenvalue weighted by Gasteiger charge is -2.21. The number of carbonyl (C=O) groups excluding carboxylic acids is 1. The number of hydrogen-bond acceptors (Lipinski definition) is 1. The number of nitrogens with zero attached hydrogens (tertiary/aromatic N) is 1. The second kappa shape index (κ2) is 4.56. The Labute approximate surface area is 96.5 Å². The van der Waals surface area contributed by atoms with Crippen LogP contribution >= 0.6 is 0 Å². The quantitative estimate of drug-likeness (QED) is 0.831. The van der Waals surface area contributed by atoms with Crippen molar-refractivity contribution < 1.29 is 4.79 Å². The number of nitrogens with one attached hydrogen (secondary N) is 1. The maximum atomic E-state index is 11.9. The van der Waals surface area contributed by atoms with E-state index in [0.717, 1.165) is 18.5 Å². The van der Waals surface area contributed by atoms with Crippen molar-refractivity contribution in [3.8, 4) is 0 Å². The summed E-state index contributed by atoms with van der Waals surface area (Å²) in [4.78, 5) is 13.7. The van der Waals surface area contributed by atoms with E-state index >= 15 is 0 Å². The molecule has 0 aliphatic heterocycles. The third-order valence-electron chi connectivity index (χ3n) is 2.81. The maximum absolute atomic E-state index is 11.9. The summed E-state index contributed by atoms with van der Waals surface area (Å²) < 4.78 is 0. The van der Waals surface area contributed by atoms with Crippen LogP contribution in [0.2, 0.25) is 0 Å². The number of hydrogen-bond donors (Lipinski definition) is 1. The zero-order chi connectivity index (χ0) is 11.5. The molecule has 1 saturated carbocycles. The third kappa shape index (κ3) is 2.54. The van der Waals surface area contributed by atoms with E-state index < -0.39 is 0 Å². The van der Waals surface area contributed by atoms with Crippen LogP contribution in [0.1, 0.15) is 25.3 Å². The Bertz CT molecular complexity index is 368. The van der Waals surface area contributed by atoms with Crippen molar-refractivity contribution in [2.24, 2.45) is 0 Å². The van der Waals surface area contributed by atoms with Gasteiger partial charge in [0.15, 0.2) is 0 Å². The molecule has 0 bridgehead atoms. The molecule has 1 aromatic rings. The van der Waals surface area contributed by atoms with Crippen LogP contribution in [0.4, 0.5) is 10.5 Å². The second-order valence-electron chi connectivity index (χ2n) is 4.30. The van der Waals surface area contributed by atoms with Gasteiger partial charge < -0.3 is 5.32 Å². The lowest BCUT2D eigenvalue weighted by molar-refractivity contribution is 0.246. The standard InChI is InChI=1S/C13H18N2O/c1-3-15(13(16)14-11-6-7-11)12-8-4-10(2)5-9-12/h4-5,8-9,11H,3,6-7H2,1-2H3,(H,14,16). The molecule has 1 fully saturated rings. The molecule has 0 atom stereocenters. The van der Waals surface area contributed by atoms with Crippen LogP contribution in [-0.2, 0) is 0 Å². The highest BCUT2D eigenvalue weighted by atomic mass is 16.2. The molecule has 16 heavy (non-hydrogen) atoms. The van der Waals surface area contributed by atoms with E-state index in [2.05, 4.69) is 5.32 Å². The Kier molecular flexibility index (Phi) is 3.13.